The fourth-order valence-electron chi connectivity index (χ4n) is 3.68. The van der Waals surface area contributed by atoms with Crippen LogP contribution in [0.2, 0.25) is 0 Å². The Bertz CT molecular complexity index is 1180. The second kappa shape index (κ2) is 11.9. The third kappa shape index (κ3) is 6.04. The van der Waals surface area contributed by atoms with Crippen molar-refractivity contribution in [1.82, 2.24) is 9.88 Å². The molecule has 0 fully saturated rings. The summed E-state index contributed by atoms with van der Waals surface area (Å²) in [7, 11) is 10.3. The van der Waals surface area contributed by atoms with Crippen molar-refractivity contribution in [3.05, 3.63) is 41.5 Å². The molecule has 3 rings (SSSR count). The minimum absolute atomic E-state index is 0.159. The van der Waals surface area contributed by atoms with Crippen LogP contribution in [-0.4, -0.2) is 71.4 Å². The first-order valence-corrected chi connectivity index (χ1v) is 12.0. The number of fused-ring (bicyclic) bond motifs is 1. The predicted octanol–water partition coefficient (Wildman–Crippen LogP) is 4.64. The molecule has 3 aromatic rings. The van der Waals surface area contributed by atoms with Crippen LogP contribution in [0.1, 0.15) is 17.5 Å². The molecular weight excluding hydrogens is 466 g/mol. The van der Waals surface area contributed by atoms with Crippen molar-refractivity contribution in [2.45, 2.75) is 13.3 Å². The van der Waals surface area contributed by atoms with Crippen LogP contribution in [0.25, 0.3) is 16.3 Å². The molecule has 1 heterocycles. The number of thiazole rings is 1. The van der Waals surface area contributed by atoms with Gasteiger partial charge in [0.05, 0.1) is 33.1 Å². The predicted molar refractivity (Wildman–Crippen MR) is 142 cm³/mol. The van der Waals surface area contributed by atoms with E-state index in [4.69, 9.17) is 23.9 Å². The minimum Gasteiger partial charge on any atom is -0.494 e. The molecule has 0 bridgehead atoms. The highest BCUT2D eigenvalue weighted by molar-refractivity contribution is 7.22. The first-order valence-electron chi connectivity index (χ1n) is 11.2. The van der Waals surface area contributed by atoms with Gasteiger partial charge in [-0.25, -0.2) is 4.98 Å². The summed E-state index contributed by atoms with van der Waals surface area (Å²) in [6.07, 6.45) is 4.10. The molecule has 35 heavy (non-hydrogen) atoms. The van der Waals surface area contributed by atoms with Crippen LogP contribution in [0.5, 0.6) is 23.0 Å². The molecule has 8 nitrogen and oxygen atoms in total. The lowest BCUT2D eigenvalue weighted by molar-refractivity contribution is -0.114. The second-order valence-electron chi connectivity index (χ2n) is 8.20. The molecule has 0 N–H and O–H groups in total. The van der Waals surface area contributed by atoms with Gasteiger partial charge in [-0.05, 0) is 69.4 Å². The summed E-state index contributed by atoms with van der Waals surface area (Å²) in [6.45, 7) is 3.43. The molecule has 0 radical (unpaired) electrons. The number of amides is 1. The Kier molecular flexibility index (Phi) is 8.95. The van der Waals surface area contributed by atoms with Crippen molar-refractivity contribution >= 4 is 38.7 Å². The number of hydrogen-bond acceptors (Lipinski definition) is 8. The van der Waals surface area contributed by atoms with Gasteiger partial charge in [0.25, 0.3) is 5.91 Å². The van der Waals surface area contributed by atoms with Crippen LogP contribution in [0.15, 0.2) is 30.3 Å². The zero-order valence-corrected chi connectivity index (χ0v) is 22.2. The monoisotopic (exact) mass is 499 g/mol. The molecule has 1 amide bonds. The molecule has 0 aliphatic heterocycles. The summed E-state index contributed by atoms with van der Waals surface area (Å²) in [5, 5.41) is 0.644. The van der Waals surface area contributed by atoms with Gasteiger partial charge in [-0.15, -0.1) is 0 Å². The lowest BCUT2D eigenvalue weighted by Gasteiger charge is -2.19. The summed E-state index contributed by atoms with van der Waals surface area (Å²) in [5.74, 6) is 2.09. The highest BCUT2D eigenvalue weighted by atomic mass is 32.1. The number of nitrogens with zero attached hydrogens (tertiary/aromatic N) is 3. The topological polar surface area (TPSA) is 73.4 Å². The van der Waals surface area contributed by atoms with Crippen LogP contribution >= 0.6 is 11.3 Å². The third-order valence-electron chi connectivity index (χ3n) is 5.50. The molecule has 0 aliphatic carbocycles. The zero-order valence-electron chi connectivity index (χ0n) is 21.4. The third-order valence-corrected chi connectivity index (χ3v) is 6.72. The van der Waals surface area contributed by atoms with E-state index in [0.717, 1.165) is 34.3 Å². The molecule has 2 aromatic carbocycles. The number of carbonyl (C=O) groups is 1. The quantitative estimate of drug-likeness (QED) is 0.356. The number of ether oxygens (including phenoxy) is 4. The van der Waals surface area contributed by atoms with Gasteiger partial charge in [0, 0.05) is 12.6 Å². The van der Waals surface area contributed by atoms with E-state index in [1.807, 2.05) is 33.2 Å². The Hall–Kier alpha value is -3.30. The summed E-state index contributed by atoms with van der Waals surface area (Å²) < 4.78 is 22.8. The highest BCUT2D eigenvalue weighted by Crippen LogP contribution is 2.39. The van der Waals surface area contributed by atoms with Crippen molar-refractivity contribution in [2.75, 3.05) is 60.5 Å². The Morgan fingerprint density at radius 2 is 1.63 bits per heavy atom. The van der Waals surface area contributed by atoms with Gasteiger partial charge in [0.2, 0.25) is 5.75 Å². The van der Waals surface area contributed by atoms with Crippen LogP contribution in [0, 0.1) is 6.92 Å². The van der Waals surface area contributed by atoms with E-state index in [0.29, 0.717) is 34.7 Å². The number of methoxy groups -OCH3 is 4. The summed E-state index contributed by atoms with van der Waals surface area (Å²) >= 11 is 1.50. The van der Waals surface area contributed by atoms with Crippen molar-refractivity contribution in [3.8, 4) is 23.0 Å². The number of rotatable bonds is 11. The van der Waals surface area contributed by atoms with Gasteiger partial charge in [-0.1, -0.05) is 17.4 Å². The van der Waals surface area contributed by atoms with Gasteiger partial charge in [-0.3, -0.25) is 9.69 Å². The van der Waals surface area contributed by atoms with Gasteiger partial charge in [0.1, 0.15) is 11.3 Å². The van der Waals surface area contributed by atoms with Crippen molar-refractivity contribution in [1.29, 1.82) is 0 Å². The molecule has 188 valence electrons. The lowest BCUT2D eigenvalue weighted by Crippen LogP contribution is -2.32. The number of benzene rings is 2. The summed E-state index contributed by atoms with van der Waals surface area (Å²) in [5.41, 5.74) is 2.62. The average molecular weight is 500 g/mol. The second-order valence-corrected chi connectivity index (χ2v) is 9.18. The molecule has 0 saturated carbocycles. The summed E-state index contributed by atoms with van der Waals surface area (Å²) in [4.78, 5) is 22.0. The van der Waals surface area contributed by atoms with Crippen molar-refractivity contribution in [2.24, 2.45) is 0 Å². The molecule has 0 spiro atoms. The van der Waals surface area contributed by atoms with Crippen molar-refractivity contribution in [3.63, 3.8) is 0 Å². The van der Waals surface area contributed by atoms with Gasteiger partial charge in [-0.2, -0.15) is 0 Å². The van der Waals surface area contributed by atoms with E-state index >= 15 is 0 Å². The molecular formula is C26H33N3O5S. The number of aromatic nitrogens is 1. The Labute approximate surface area is 210 Å². The first kappa shape index (κ1) is 26.3. The van der Waals surface area contributed by atoms with Gasteiger partial charge >= 0.3 is 0 Å². The molecule has 0 atom stereocenters. The van der Waals surface area contributed by atoms with E-state index in [-0.39, 0.29) is 5.91 Å². The fourth-order valence-corrected chi connectivity index (χ4v) is 4.76. The smallest absolute Gasteiger partial charge is 0.252 e. The minimum atomic E-state index is -0.159. The van der Waals surface area contributed by atoms with E-state index in [1.165, 1.54) is 11.3 Å². The number of carbonyl (C=O) groups excluding carboxylic acids is 1. The number of hydrogen-bond donors (Lipinski definition) is 0. The summed E-state index contributed by atoms with van der Waals surface area (Å²) in [6, 6.07) is 7.51. The maximum absolute atomic E-state index is 13.4. The van der Waals surface area contributed by atoms with E-state index in [1.54, 1.807) is 57.6 Å². The van der Waals surface area contributed by atoms with Crippen LogP contribution in [0.3, 0.4) is 0 Å². The molecule has 0 unspecified atom stereocenters. The van der Waals surface area contributed by atoms with Crippen LogP contribution in [-0.2, 0) is 4.79 Å². The largest absolute Gasteiger partial charge is 0.494 e. The average Bonchev–Trinajstić information content (AvgIpc) is 3.30. The highest BCUT2D eigenvalue weighted by Gasteiger charge is 2.20. The SMILES string of the molecule is COc1cc(C=CC(=O)N(CCCN(C)C)c2nc3c(OC)ccc(C)c3s2)cc(OC)c1OC. The number of aryl methyl sites for hydroxylation is 1. The lowest BCUT2D eigenvalue weighted by atomic mass is 10.1. The van der Waals surface area contributed by atoms with Crippen LogP contribution in [0.4, 0.5) is 5.13 Å². The van der Waals surface area contributed by atoms with Crippen LogP contribution < -0.4 is 23.8 Å². The Morgan fingerprint density at radius 1 is 0.971 bits per heavy atom. The maximum atomic E-state index is 13.4. The molecule has 0 aliphatic rings. The standard InChI is InChI=1S/C26H33N3O5S/c1-17-9-11-19(31-4)23-25(17)35-26(27-23)29(14-8-13-28(2)3)22(30)12-10-18-15-20(32-5)24(34-7)21(16-18)33-6/h9-12,15-16H,8,13-14H2,1-7H3. The molecule has 1 aromatic heterocycles. The Morgan fingerprint density at radius 3 is 2.20 bits per heavy atom. The first-order chi connectivity index (χ1) is 16.8. The molecule has 9 heteroatoms. The van der Waals surface area contributed by atoms with Gasteiger partial charge in [0.15, 0.2) is 16.6 Å². The normalized spacial score (nSPS) is 11.3. The van der Waals surface area contributed by atoms with Crippen molar-refractivity contribution < 1.29 is 23.7 Å². The fraction of sp³-hybridized carbons (Fsp3) is 0.385. The van der Waals surface area contributed by atoms with E-state index in [2.05, 4.69) is 4.90 Å². The number of anilines is 1. The van der Waals surface area contributed by atoms with Gasteiger partial charge < -0.3 is 23.8 Å². The van der Waals surface area contributed by atoms with E-state index in [9.17, 15) is 4.79 Å². The molecule has 0 saturated heterocycles. The van der Waals surface area contributed by atoms with E-state index < -0.39 is 0 Å². The Balaban J connectivity index is 1.96. The maximum Gasteiger partial charge on any atom is 0.252 e. The zero-order chi connectivity index (χ0) is 25.5.